The van der Waals surface area contributed by atoms with E-state index in [1.807, 2.05) is 0 Å². The zero-order valence-corrected chi connectivity index (χ0v) is 22.5. The summed E-state index contributed by atoms with van der Waals surface area (Å²) in [5, 5.41) is 7.64. The van der Waals surface area contributed by atoms with Crippen LogP contribution in [0, 0.1) is 12.8 Å². The van der Waals surface area contributed by atoms with E-state index in [4.69, 9.17) is 0 Å². The molecule has 0 saturated carbocycles. The minimum absolute atomic E-state index is 0.0950. The van der Waals surface area contributed by atoms with E-state index in [2.05, 4.69) is 29.2 Å². The van der Waals surface area contributed by atoms with Crippen molar-refractivity contribution < 1.29 is 14.4 Å². The number of carbonyl (C=O) groups excluding carboxylic acids is 3. The molecule has 2 aromatic heterocycles. The fraction of sp³-hybridized carbons (Fsp3) is 0.615. The van der Waals surface area contributed by atoms with Crippen molar-refractivity contribution in [2.45, 2.75) is 78.6 Å². The third kappa shape index (κ3) is 7.50. The molecule has 0 fully saturated rings. The molecule has 1 aliphatic heterocycles. The van der Waals surface area contributed by atoms with Gasteiger partial charge in [0.25, 0.3) is 5.56 Å². The fourth-order valence-corrected chi connectivity index (χ4v) is 4.47. The molecule has 202 valence electrons. The Morgan fingerprint density at radius 1 is 1.16 bits per heavy atom. The topological polar surface area (TPSA) is 122 Å². The molecular formula is C26H39N7O4. The highest BCUT2D eigenvalue weighted by Crippen LogP contribution is 2.21. The largest absolute Gasteiger partial charge is 0.344 e. The smallest absolute Gasteiger partial charge is 0.250 e. The van der Waals surface area contributed by atoms with Crippen molar-refractivity contribution in [2.24, 2.45) is 5.92 Å². The van der Waals surface area contributed by atoms with Gasteiger partial charge in [0.1, 0.15) is 17.7 Å². The monoisotopic (exact) mass is 513 g/mol. The molecule has 11 nitrogen and oxygen atoms in total. The summed E-state index contributed by atoms with van der Waals surface area (Å²) in [4.78, 5) is 58.9. The Morgan fingerprint density at radius 3 is 2.62 bits per heavy atom. The number of pyridine rings is 1. The zero-order chi connectivity index (χ0) is 27.1. The highest BCUT2D eigenvalue weighted by molar-refractivity contribution is 5.87. The highest BCUT2D eigenvalue weighted by Gasteiger charge is 2.29. The number of likely N-dealkylation sites (N-methyl/N-ethyl adjacent to an activating group) is 1. The molecule has 2 aromatic rings. The van der Waals surface area contributed by atoms with Gasteiger partial charge in [0.15, 0.2) is 0 Å². The molecule has 2 atom stereocenters. The predicted molar refractivity (Wildman–Crippen MR) is 138 cm³/mol. The average Bonchev–Trinajstić information content (AvgIpc) is 3.23. The number of aromatic nitrogens is 4. The first-order valence-corrected chi connectivity index (χ1v) is 13.0. The molecule has 0 bridgehead atoms. The first-order chi connectivity index (χ1) is 17.6. The van der Waals surface area contributed by atoms with Gasteiger partial charge in [-0.1, -0.05) is 19.9 Å². The molecule has 3 rings (SSSR count). The van der Waals surface area contributed by atoms with Crippen molar-refractivity contribution in [1.82, 2.24) is 34.4 Å². The second kappa shape index (κ2) is 12.6. The van der Waals surface area contributed by atoms with E-state index in [0.717, 1.165) is 0 Å². The van der Waals surface area contributed by atoms with Gasteiger partial charge in [-0.3, -0.25) is 19.2 Å². The lowest BCUT2D eigenvalue weighted by Crippen LogP contribution is -2.47. The van der Waals surface area contributed by atoms with E-state index in [1.54, 1.807) is 48.8 Å². The standard InChI is InChI=1S/C26H39N7O4/c1-18(2)17-21-25-27-20(4)29-33(25)16-15-32(24(36)11-14-31-12-7-6-9-23(31)35)13-8-10-22(34)30(5)19(3)26(37)28-21/h6-7,9,12,18-19,21H,8,10-11,13-17H2,1-5H3,(H,28,37)/t19-,21+/m0/s1. The second-order valence-corrected chi connectivity index (χ2v) is 10.1. The fourth-order valence-electron chi connectivity index (χ4n) is 4.47. The quantitative estimate of drug-likeness (QED) is 0.647. The lowest BCUT2D eigenvalue weighted by atomic mass is 10.0. The number of nitrogens with zero attached hydrogens (tertiary/aromatic N) is 6. The molecule has 0 aromatic carbocycles. The van der Waals surface area contributed by atoms with Crippen LogP contribution in [0.25, 0.3) is 0 Å². The Hall–Kier alpha value is -3.50. The van der Waals surface area contributed by atoms with E-state index in [-0.39, 0.29) is 54.6 Å². The van der Waals surface area contributed by atoms with E-state index < -0.39 is 6.04 Å². The summed E-state index contributed by atoms with van der Waals surface area (Å²) in [7, 11) is 1.63. The third-order valence-corrected chi connectivity index (χ3v) is 6.71. The Balaban J connectivity index is 1.86. The third-order valence-electron chi connectivity index (χ3n) is 6.71. The summed E-state index contributed by atoms with van der Waals surface area (Å²) >= 11 is 0. The number of amides is 3. The van der Waals surface area contributed by atoms with Gasteiger partial charge < -0.3 is 19.7 Å². The minimum Gasteiger partial charge on any atom is -0.344 e. The van der Waals surface area contributed by atoms with Gasteiger partial charge in [0.05, 0.1) is 12.6 Å². The first-order valence-electron chi connectivity index (χ1n) is 13.0. The molecule has 0 aliphatic carbocycles. The maximum atomic E-state index is 13.2. The van der Waals surface area contributed by atoms with Gasteiger partial charge in [0, 0.05) is 51.8 Å². The van der Waals surface area contributed by atoms with E-state index in [9.17, 15) is 19.2 Å². The summed E-state index contributed by atoms with van der Waals surface area (Å²) in [6.07, 6.45) is 3.18. The Kier molecular flexibility index (Phi) is 9.60. The lowest BCUT2D eigenvalue weighted by Gasteiger charge is -2.29. The van der Waals surface area contributed by atoms with Crippen molar-refractivity contribution in [3.63, 3.8) is 0 Å². The van der Waals surface area contributed by atoms with Crippen LogP contribution in [0.3, 0.4) is 0 Å². The van der Waals surface area contributed by atoms with E-state index in [1.165, 1.54) is 15.5 Å². The zero-order valence-electron chi connectivity index (χ0n) is 22.5. The van der Waals surface area contributed by atoms with Gasteiger partial charge in [-0.05, 0) is 38.7 Å². The molecule has 11 heteroatoms. The normalized spacial score (nSPS) is 19.9. The van der Waals surface area contributed by atoms with Crippen LogP contribution in [-0.2, 0) is 27.5 Å². The predicted octanol–water partition coefficient (Wildman–Crippen LogP) is 1.51. The van der Waals surface area contributed by atoms with Crippen molar-refractivity contribution in [3.05, 3.63) is 46.4 Å². The molecule has 1 N–H and O–H groups in total. The van der Waals surface area contributed by atoms with Crippen LogP contribution in [-0.4, -0.2) is 73.0 Å². The molecule has 0 unspecified atom stereocenters. The number of fused-ring (bicyclic) bond motifs is 1. The highest BCUT2D eigenvalue weighted by atomic mass is 16.2. The van der Waals surface area contributed by atoms with Crippen molar-refractivity contribution in [2.75, 3.05) is 20.1 Å². The van der Waals surface area contributed by atoms with Crippen LogP contribution in [0.4, 0.5) is 0 Å². The number of carbonyl (C=O) groups is 3. The molecule has 0 radical (unpaired) electrons. The Labute approximate surface area is 217 Å². The van der Waals surface area contributed by atoms with Crippen LogP contribution in [0.2, 0.25) is 0 Å². The van der Waals surface area contributed by atoms with Crippen LogP contribution >= 0.6 is 0 Å². The number of aryl methyl sites for hydroxylation is 2. The maximum Gasteiger partial charge on any atom is 0.250 e. The second-order valence-electron chi connectivity index (χ2n) is 10.1. The number of nitrogens with one attached hydrogen (secondary N) is 1. The van der Waals surface area contributed by atoms with Crippen LogP contribution < -0.4 is 10.9 Å². The van der Waals surface area contributed by atoms with Crippen LogP contribution in [0.1, 0.15) is 64.1 Å². The van der Waals surface area contributed by atoms with Gasteiger partial charge in [-0.25, -0.2) is 9.67 Å². The molecule has 1 aliphatic rings. The summed E-state index contributed by atoms with van der Waals surface area (Å²) in [6.45, 7) is 9.11. The van der Waals surface area contributed by atoms with Gasteiger partial charge in [0.2, 0.25) is 17.7 Å². The number of rotatable bonds is 5. The Bertz CT molecular complexity index is 1160. The summed E-state index contributed by atoms with van der Waals surface area (Å²) < 4.78 is 3.29. The average molecular weight is 514 g/mol. The van der Waals surface area contributed by atoms with Crippen LogP contribution in [0.15, 0.2) is 29.2 Å². The van der Waals surface area contributed by atoms with Gasteiger partial charge in [-0.2, -0.15) is 5.10 Å². The van der Waals surface area contributed by atoms with Gasteiger partial charge >= 0.3 is 0 Å². The van der Waals surface area contributed by atoms with Crippen molar-refractivity contribution in [1.29, 1.82) is 0 Å². The number of hydrogen-bond donors (Lipinski definition) is 1. The molecule has 0 saturated heterocycles. The molecule has 0 spiro atoms. The maximum absolute atomic E-state index is 13.2. The SMILES string of the molecule is Cc1nc2n(n1)CCN(C(=O)CCn1ccccc1=O)CCCC(=O)N(C)[C@@H](C)C(=O)N[C@@H]2CC(C)C. The minimum atomic E-state index is -0.649. The summed E-state index contributed by atoms with van der Waals surface area (Å²) in [5.74, 6) is 1.03. The number of hydrogen-bond acceptors (Lipinski definition) is 6. The molecule has 3 amide bonds. The molecular weight excluding hydrogens is 474 g/mol. The summed E-state index contributed by atoms with van der Waals surface area (Å²) in [5.41, 5.74) is -0.153. The van der Waals surface area contributed by atoms with E-state index >= 15 is 0 Å². The Morgan fingerprint density at radius 2 is 1.92 bits per heavy atom. The van der Waals surface area contributed by atoms with E-state index in [0.29, 0.717) is 44.1 Å². The molecule has 3 heterocycles. The van der Waals surface area contributed by atoms with Crippen LogP contribution in [0.5, 0.6) is 0 Å². The van der Waals surface area contributed by atoms with Crippen molar-refractivity contribution >= 4 is 17.7 Å². The summed E-state index contributed by atoms with van der Waals surface area (Å²) in [6, 6.07) is 3.87. The lowest BCUT2D eigenvalue weighted by molar-refractivity contribution is -0.139. The first kappa shape index (κ1) is 28.1. The van der Waals surface area contributed by atoms with Gasteiger partial charge in [-0.15, -0.1) is 0 Å². The molecule has 37 heavy (non-hydrogen) atoms. The van der Waals surface area contributed by atoms with Crippen molar-refractivity contribution in [3.8, 4) is 0 Å².